The minimum atomic E-state index is -0.398. The van der Waals surface area contributed by atoms with E-state index in [1.807, 2.05) is 4.90 Å². The predicted molar refractivity (Wildman–Crippen MR) is 76.0 cm³/mol. The molecule has 0 fully saturated rings. The maximum Gasteiger partial charge on any atom is 0.320 e. The van der Waals surface area contributed by atoms with Gasteiger partial charge in [0.2, 0.25) is 0 Å². The second-order valence-corrected chi connectivity index (χ2v) is 4.48. The third kappa shape index (κ3) is 3.91. The van der Waals surface area contributed by atoms with Gasteiger partial charge in [0.05, 0.1) is 18.1 Å². The van der Waals surface area contributed by atoms with Crippen molar-refractivity contribution in [1.29, 1.82) is 0 Å². The average Bonchev–Trinajstić information content (AvgIpc) is 2.38. The summed E-state index contributed by atoms with van der Waals surface area (Å²) in [7, 11) is 0. The molecule has 0 N–H and O–H groups in total. The van der Waals surface area contributed by atoms with Gasteiger partial charge in [-0.3, -0.25) is 19.8 Å². The van der Waals surface area contributed by atoms with Crippen molar-refractivity contribution in [3.05, 3.63) is 39.4 Å². The lowest BCUT2D eigenvalue weighted by Gasteiger charge is -2.27. The van der Waals surface area contributed by atoms with Crippen molar-refractivity contribution >= 4 is 24.1 Å². The molecular weight excluding hydrogens is 284 g/mol. The maximum absolute atomic E-state index is 11.4. The molecule has 0 amide bonds. The Balaban J connectivity index is 0.00000200. The number of benzene rings is 1. The molecule has 1 aromatic rings. The first-order chi connectivity index (χ1) is 9.10. The fourth-order valence-electron chi connectivity index (χ4n) is 2.24. The molecular formula is C13H17ClN2O4. The van der Waals surface area contributed by atoms with Crippen LogP contribution in [0.2, 0.25) is 0 Å². The Morgan fingerprint density at radius 3 is 2.85 bits per heavy atom. The molecule has 1 aliphatic heterocycles. The van der Waals surface area contributed by atoms with Gasteiger partial charge in [0.25, 0.3) is 5.69 Å². The van der Waals surface area contributed by atoms with Crippen LogP contribution in [0.1, 0.15) is 18.1 Å². The zero-order valence-electron chi connectivity index (χ0n) is 11.2. The fourth-order valence-corrected chi connectivity index (χ4v) is 2.24. The minimum Gasteiger partial charge on any atom is -0.465 e. The van der Waals surface area contributed by atoms with Crippen LogP contribution in [0, 0.1) is 10.1 Å². The number of nitrogens with zero attached hydrogens (tertiary/aromatic N) is 2. The molecule has 1 heterocycles. The molecule has 0 aliphatic carbocycles. The van der Waals surface area contributed by atoms with E-state index in [9.17, 15) is 14.9 Å². The first-order valence-corrected chi connectivity index (χ1v) is 6.24. The third-order valence-electron chi connectivity index (χ3n) is 3.15. The van der Waals surface area contributed by atoms with Crippen LogP contribution in [0.15, 0.2) is 18.2 Å². The molecule has 0 saturated heterocycles. The lowest BCUT2D eigenvalue weighted by Crippen LogP contribution is -2.35. The number of nitro benzene ring substituents is 1. The summed E-state index contributed by atoms with van der Waals surface area (Å²) >= 11 is 0. The van der Waals surface area contributed by atoms with E-state index >= 15 is 0 Å². The highest BCUT2D eigenvalue weighted by atomic mass is 35.5. The van der Waals surface area contributed by atoms with Gasteiger partial charge in [0, 0.05) is 25.2 Å². The van der Waals surface area contributed by atoms with Crippen LogP contribution < -0.4 is 0 Å². The number of carbonyl (C=O) groups is 1. The van der Waals surface area contributed by atoms with Crippen molar-refractivity contribution in [3.63, 3.8) is 0 Å². The summed E-state index contributed by atoms with van der Waals surface area (Å²) in [5, 5.41) is 10.7. The number of rotatable bonds is 4. The highest BCUT2D eigenvalue weighted by Crippen LogP contribution is 2.23. The Bertz CT molecular complexity index is 507. The van der Waals surface area contributed by atoms with E-state index in [1.165, 1.54) is 6.07 Å². The first-order valence-electron chi connectivity index (χ1n) is 6.24. The highest BCUT2D eigenvalue weighted by Gasteiger charge is 2.20. The lowest BCUT2D eigenvalue weighted by molar-refractivity contribution is -0.385. The number of esters is 1. The second kappa shape index (κ2) is 7.21. The number of non-ortho nitro benzene ring substituents is 1. The molecule has 7 heteroatoms. The van der Waals surface area contributed by atoms with Gasteiger partial charge in [-0.1, -0.05) is 6.07 Å². The number of hydrogen-bond donors (Lipinski definition) is 0. The van der Waals surface area contributed by atoms with Crippen molar-refractivity contribution in [2.45, 2.75) is 19.9 Å². The molecule has 110 valence electrons. The molecule has 0 bridgehead atoms. The number of carbonyl (C=O) groups excluding carboxylic acids is 1. The summed E-state index contributed by atoms with van der Waals surface area (Å²) in [6.45, 7) is 3.69. The molecule has 0 spiro atoms. The molecule has 1 aromatic carbocycles. The molecule has 1 aliphatic rings. The van der Waals surface area contributed by atoms with Crippen molar-refractivity contribution in [2.75, 3.05) is 19.7 Å². The van der Waals surface area contributed by atoms with Crippen LogP contribution in [0.5, 0.6) is 0 Å². The molecule has 0 aromatic heterocycles. The van der Waals surface area contributed by atoms with Gasteiger partial charge in [-0.15, -0.1) is 12.4 Å². The molecule has 0 atom stereocenters. The van der Waals surface area contributed by atoms with Gasteiger partial charge < -0.3 is 4.74 Å². The van der Waals surface area contributed by atoms with Crippen LogP contribution in [0.25, 0.3) is 0 Å². The van der Waals surface area contributed by atoms with E-state index < -0.39 is 4.92 Å². The minimum absolute atomic E-state index is 0. The van der Waals surface area contributed by atoms with Crippen LogP contribution in [-0.4, -0.2) is 35.5 Å². The Morgan fingerprint density at radius 2 is 2.20 bits per heavy atom. The summed E-state index contributed by atoms with van der Waals surface area (Å²) in [6, 6.07) is 4.92. The van der Waals surface area contributed by atoms with Crippen molar-refractivity contribution in [2.24, 2.45) is 0 Å². The monoisotopic (exact) mass is 300 g/mol. The van der Waals surface area contributed by atoms with Gasteiger partial charge in [0.15, 0.2) is 0 Å². The Kier molecular flexibility index (Phi) is 5.91. The predicted octanol–water partition coefficient (Wildman–Crippen LogP) is 1.94. The summed E-state index contributed by atoms with van der Waals surface area (Å²) in [6.07, 6.45) is 0.798. The van der Waals surface area contributed by atoms with Crippen molar-refractivity contribution in [3.8, 4) is 0 Å². The Morgan fingerprint density at radius 1 is 1.45 bits per heavy atom. The number of fused-ring (bicyclic) bond motifs is 1. The van der Waals surface area contributed by atoms with Crippen LogP contribution in [-0.2, 0) is 22.5 Å². The van der Waals surface area contributed by atoms with Gasteiger partial charge in [-0.25, -0.2) is 0 Å². The largest absolute Gasteiger partial charge is 0.465 e. The standard InChI is InChI=1S/C13H16N2O4.ClH/c1-2-19-13(16)9-14-6-5-10-3-4-12(15(17)18)7-11(10)8-14;/h3-4,7H,2,5-6,8-9H2,1H3;1H. The van der Waals surface area contributed by atoms with Crippen LogP contribution in [0.3, 0.4) is 0 Å². The maximum atomic E-state index is 11.4. The smallest absolute Gasteiger partial charge is 0.320 e. The molecule has 0 unspecified atom stereocenters. The van der Waals surface area contributed by atoms with Crippen molar-refractivity contribution < 1.29 is 14.5 Å². The van der Waals surface area contributed by atoms with E-state index in [1.54, 1.807) is 19.1 Å². The Hall–Kier alpha value is -1.66. The van der Waals surface area contributed by atoms with E-state index in [-0.39, 0.29) is 30.6 Å². The van der Waals surface area contributed by atoms with E-state index in [0.29, 0.717) is 13.2 Å². The van der Waals surface area contributed by atoms with Gasteiger partial charge in [0.1, 0.15) is 0 Å². The van der Waals surface area contributed by atoms with Gasteiger partial charge in [-0.2, -0.15) is 0 Å². The third-order valence-corrected chi connectivity index (χ3v) is 3.15. The molecule has 0 radical (unpaired) electrons. The van der Waals surface area contributed by atoms with Crippen molar-refractivity contribution in [1.82, 2.24) is 4.90 Å². The summed E-state index contributed by atoms with van der Waals surface area (Å²) < 4.78 is 4.91. The first kappa shape index (κ1) is 16.4. The molecule has 6 nitrogen and oxygen atoms in total. The zero-order chi connectivity index (χ0) is 13.8. The van der Waals surface area contributed by atoms with Gasteiger partial charge >= 0.3 is 5.97 Å². The summed E-state index contributed by atoms with van der Waals surface area (Å²) in [4.78, 5) is 23.7. The Labute approximate surface area is 123 Å². The number of ether oxygens (including phenoxy) is 1. The second-order valence-electron chi connectivity index (χ2n) is 4.48. The molecule has 0 saturated carbocycles. The normalized spacial score (nSPS) is 14.1. The van der Waals surface area contributed by atoms with E-state index in [0.717, 1.165) is 24.1 Å². The number of halogens is 1. The quantitative estimate of drug-likeness (QED) is 0.483. The number of hydrogen-bond acceptors (Lipinski definition) is 5. The van der Waals surface area contributed by atoms with E-state index in [2.05, 4.69) is 0 Å². The van der Waals surface area contributed by atoms with Gasteiger partial charge in [-0.05, 0) is 24.5 Å². The SMILES string of the molecule is CCOC(=O)CN1CCc2ccc([N+](=O)[O-])cc2C1.Cl. The number of nitro groups is 1. The summed E-state index contributed by atoms with van der Waals surface area (Å²) in [5.74, 6) is -0.253. The topological polar surface area (TPSA) is 72.7 Å². The van der Waals surface area contributed by atoms with E-state index in [4.69, 9.17) is 4.74 Å². The van der Waals surface area contributed by atoms with Crippen LogP contribution >= 0.6 is 12.4 Å². The fraction of sp³-hybridized carbons (Fsp3) is 0.462. The van der Waals surface area contributed by atoms with Crippen LogP contribution in [0.4, 0.5) is 5.69 Å². The lowest BCUT2D eigenvalue weighted by atomic mass is 9.99. The average molecular weight is 301 g/mol. The zero-order valence-corrected chi connectivity index (χ0v) is 12.0. The molecule has 2 rings (SSSR count). The highest BCUT2D eigenvalue weighted by molar-refractivity contribution is 5.85. The summed E-state index contributed by atoms with van der Waals surface area (Å²) in [5.41, 5.74) is 2.13. The molecule has 20 heavy (non-hydrogen) atoms.